The van der Waals surface area contributed by atoms with E-state index >= 15 is 0 Å². The summed E-state index contributed by atoms with van der Waals surface area (Å²) in [5.41, 5.74) is 2.68. The molecule has 6 rings (SSSR count). The summed E-state index contributed by atoms with van der Waals surface area (Å²) >= 11 is 0. The first-order chi connectivity index (χ1) is 16.9. The van der Waals surface area contributed by atoms with Gasteiger partial charge in [0.25, 0.3) is 5.56 Å². The van der Waals surface area contributed by atoms with Gasteiger partial charge in [0.1, 0.15) is 6.61 Å². The number of nitrogens with zero attached hydrogens (tertiary/aromatic N) is 2. The summed E-state index contributed by atoms with van der Waals surface area (Å²) in [7, 11) is 1.94. The zero-order chi connectivity index (χ0) is 24.5. The van der Waals surface area contributed by atoms with Crippen molar-refractivity contribution in [2.24, 2.45) is 0 Å². The second kappa shape index (κ2) is 7.79. The zero-order valence-electron chi connectivity index (χ0n) is 19.9. The predicted molar refractivity (Wildman–Crippen MR) is 127 cm³/mol. The third-order valence-corrected chi connectivity index (χ3v) is 7.62. The number of aromatic nitrogens is 2. The Morgan fingerprint density at radius 3 is 2.69 bits per heavy atom. The number of cyclic esters (lactones) is 1. The maximum atomic E-state index is 13.5. The van der Waals surface area contributed by atoms with Crippen LogP contribution in [0.25, 0.3) is 22.3 Å². The number of benzene rings is 1. The number of aliphatic hydroxyl groups is 1. The van der Waals surface area contributed by atoms with E-state index < -0.39 is 11.6 Å². The van der Waals surface area contributed by atoms with Gasteiger partial charge in [0.2, 0.25) is 6.79 Å². The van der Waals surface area contributed by atoms with Gasteiger partial charge in [0.05, 0.1) is 29.0 Å². The van der Waals surface area contributed by atoms with E-state index in [1.54, 1.807) is 17.6 Å². The van der Waals surface area contributed by atoms with Crippen LogP contribution in [0.5, 0.6) is 11.5 Å². The molecule has 2 N–H and O–H groups in total. The number of rotatable bonds is 5. The highest BCUT2D eigenvalue weighted by Crippen LogP contribution is 2.43. The third-order valence-electron chi connectivity index (χ3n) is 7.62. The summed E-state index contributed by atoms with van der Waals surface area (Å²) in [5, 5.41) is 15.4. The van der Waals surface area contributed by atoms with Crippen LogP contribution in [0.4, 0.5) is 0 Å². The molecule has 0 fully saturated rings. The number of ether oxygens (including phenoxy) is 3. The first-order valence-corrected chi connectivity index (χ1v) is 11.9. The van der Waals surface area contributed by atoms with Crippen molar-refractivity contribution >= 4 is 16.9 Å². The number of fused-ring (bicyclic) bond motifs is 6. The number of pyridine rings is 2. The molecule has 182 valence electrons. The lowest BCUT2D eigenvalue weighted by Gasteiger charge is -2.31. The third kappa shape index (κ3) is 3.11. The monoisotopic (exact) mass is 477 g/mol. The number of esters is 1. The fourth-order valence-electron chi connectivity index (χ4n) is 5.34. The van der Waals surface area contributed by atoms with E-state index in [4.69, 9.17) is 19.2 Å². The molecule has 0 aliphatic carbocycles. The molecule has 0 radical (unpaired) electrons. The van der Waals surface area contributed by atoms with Crippen molar-refractivity contribution < 1.29 is 24.1 Å². The normalized spacial score (nSPS) is 20.4. The van der Waals surface area contributed by atoms with Crippen LogP contribution in [0.1, 0.15) is 48.9 Å². The quantitative estimate of drug-likeness (QED) is 0.422. The molecule has 0 saturated carbocycles. The van der Waals surface area contributed by atoms with Crippen molar-refractivity contribution in [3.8, 4) is 22.9 Å². The standard InChI is InChI=1S/C26H27N3O6/c1-4-26(32)18-8-20-23-16(10-29(20)24(30)17(18)11-33-25(26)31)14(6-5-13(2)27-3)15-7-21-22(35-12-34-21)9-19(15)28-23/h7-9,13,27,32H,4-6,10-12H2,1-3H3/t13-,26-/m0/s1. The molecule has 0 unspecified atom stereocenters. The van der Waals surface area contributed by atoms with Crippen molar-refractivity contribution in [1.29, 1.82) is 0 Å². The topological polar surface area (TPSA) is 112 Å². The van der Waals surface area contributed by atoms with Crippen LogP contribution in [0, 0.1) is 0 Å². The highest BCUT2D eigenvalue weighted by atomic mass is 16.7. The van der Waals surface area contributed by atoms with E-state index in [0.29, 0.717) is 46.6 Å². The predicted octanol–water partition coefficient (Wildman–Crippen LogP) is 2.35. The molecule has 0 bridgehead atoms. The molecule has 9 heteroatoms. The van der Waals surface area contributed by atoms with Crippen LogP contribution in [0.15, 0.2) is 23.0 Å². The molecule has 9 nitrogen and oxygen atoms in total. The lowest BCUT2D eigenvalue weighted by molar-refractivity contribution is -0.172. The van der Waals surface area contributed by atoms with Crippen molar-refractivity contribution in [3.05, 3.63) is 50.8 Å². The van der Waals surface area contributed by atoms with Crippen LogP contribution in [0.2, 0.25) is 0 Å². The minimum absolute atomic E-state index is 0.108. The summed E-state index contributed by atoms with van der Waals surface area (Å²) < 4.78 is 18.1. The molecule has 35 heavy (non-hydrogen) atoms. The molecule has 5 heterocycles. The number of carbonyl (C=O) groups is 1. The first-order valence-electron chi connectivity index (χ1n) is 11.9. The Morgan fingerprint density at radius 2 is 1.94 bits per heavy atom. The number of carbonyl (C=O) groups excluding carboxylic acids is 1. The average Bonchev–Trinajstić information content (AvgIpc) is 3.47. The molecular weight excluding hydrogens is 450 g/mol. The average molecular weight is 478 g/mol. The fourth-order valence-corrected chi connectivity index (χ4v) is 5.34. The Hall–Kier alpha value is -3.43. The maximum absolute atomic E-state index is 13.5. The number of hydrogen-bond donors (Lipinski definition) is 2. The lowest BCUT2D eigenvalue weighted by Crippen LogP contribution is -2.44. The molecule has 0 amide bonds. The van der Waals surface area contributed by atoms with E-state index in [2.05, 4.69) is 12.2 Å². The van der Waals surface area contributed by atoms with Gasteiger partial charge < -0.3 is 29.2 Å². The van der Waals surface area contributed by atoms with Gasteiger partial charge in [-0.25, -0.2) is 9.78 Å². The minimum atomic E-state index is -1.85. The van der Waals surface area contributed by atoms with E-state index in [0.717, 1.165) is 34.9 Å². The van der Waals surface area contributed by atoms with Crippen LogP contribution in [-0.2, 0) is 34.7 Å². The van der Waals surface area contributed by atoms with Gasteiger partial charge in [-0.2, -0.15) is 0 Å². The summed E-state index contributed by atoms with van der Waals surface area (Å²) in [4.78, 5) is 31.0. The second-order valence-corrected chi connectivity index (χ2v) is 9.47. The largest absolute Gasteiger partial charge is 0.458 e. The Morgan fingerprint density at radius 1 is 1.17 bits per heavy atom. The Kier molecular flexibility index (Phi) is 4.91. The molecule has 3 aromatic rings. The smallest absolute Gasteiger partial charge is 0.343 e. The Bertz CT molecular complexity index is 1460. The zero-order valence-corrected chi connectivity index (χ0v) is 19.9. The summed E-state index contributed by atoms with van der Waals surface area (Å²) in [6, 6.07) is 5.91. The van der Waals surface area contributed by atoms with Gasteiger partial charge in [0.15, 0.2) is 17.1 Å². The van der Waals surface area contributed by atoms with Gasteiger partial charge >= 0.3 is 5.97 Å². The Balaban J connectivity index is 1.60. The molecule has 1 aromatic carbocycles. The van der Waals surface area contributed by atoms with E-state index in [9.17, 15) is 14.7 Å². The van der Waals surface area contributed by atoms with Crippen molar-refractivity contribution in [1.82, 2.24) is 14.9 Å². The van der Waals surface area contributed by atoms with Crippen LogP contribution in [-0.4, -0.2) is 40.5 Å². The molecule has 2 atom stereocenters. The lowest BCUT2D eigenvalue weighted by atomic mass is 9.86. The van der Waals surface area contributed by atoms with E-state index in [-0.39, 0.29) is 25.4 Å². The van der Waals surface area contributed by atoms with E-state index in [1.807, 2.05) is 19.2 Å². The van der Waals surface area contributed by atoms with Gasteiger partial charge in [-0.15, -0.1) is 0 Å². The molecule has 0 saturated heterocycles. The van der Waals surface area contributed by atoms with Crippen LogP contribution < -0.4 is 20.3 Å². The second-order valence-electron chi connectivity index (χ2n) is 9.47. The Labute approximate surface area is 201 Å². The SMILES string of the molecule is CC[C@@]1(O)C(=O)OCc2c1cc1n(c2=O)Cc2c-1nc1cc3c(cc1c2CC[C@H](C)NC)OCO3. The van der Waals surface area contributed by atoms with Crippen molar-refractivity contribution in [3.63, 3.8) is 0 Å². The summed E-state index contributed by atoms with van der Waals surface area (Å²) in [6.07, 6.45) is 1.79. The van der Waals surface area contributed by atoms with E-state index in [1.165, 1.54) is 0 Å². The highest BCUT2D eigenvalue weighted by molar-refractivity contribution is 5.91. The molecule has 2 aromatic heterocycles. The summed E-state index contributed by atoms with van der Waals surface area (Å²) in [5.74, 6) is 0.605. The van der Waals surface area contributed by atoms with Crippen LogP contribution >= 0.6 is 0 Å². The highest BCUT2D eigenvalue weighted by Gasteiger charge is 2.45. The van der Waals surface area contributed by atoms with Gasteiger partial charge in [-0.3, -0.25) is 4.79 Å². The molecule has 0 spiro atoms. The summed E-state index contributed by atoms with van der Waals surface area (Å²) in [6.45, 7) is 4.23. The van der Waals surface area contributed by atoms with Crippen molar-refractivity contribution in [2.45, 2.75) is 57.9 Å². The molecule has 3 aliphatic heterocycles. The van der Waals surface area contributed by atoms with Crippen molar-refractivity contribution in [2.75, 3.05) is 13.8 Å². The number of aryl methyl sites for hydroxylation is 1. The fraction of sp³-hybridized carbons (Fsp3) is 0.423. The number of nitrogens with one attached hydrogen (secondary N) is 1. The van der Waals surface area contributed by atoms with Gasteiger partial charge in [0, 0.05) is 28.6 Å². The minimum Gasteiger partial charge on any atom is -0.458 e. The molecule has 3 aliphatic rings. The number of hydrogen-bond acceptors (Lipinski definition) is 8. The van der Waals surface area contributed by atoms with Crippen LogP contribution in [0.3, 0.4) is 0 Å². The van der Waals surface area contributed by atoms with Gasteiger partial charge in [-0.1, -0.05) is 6.92 Å². The first kappa shape index (κ1) is 22.1. The van der Waals surface area contributed by atoms with Gasteiger partial charge in [-0.05, 0) is 50.9 Å². The molecular formula is C26H27N3O6. The maximum Gasteiger partial charge on any atom is 0.343 e.